The van der Waals surface area contributed by atoms with Crippen LogP contribution >= 0.6 is 11.6 Å². The van der Waals surface area contributed by atoms with Crippen LogP contribution in [0.4, 0.5) is 21.5 Å². The lowest BCUT2D eigenvalue weighted by Crippen LogP contribution is -2.22. The number of hydrogen-bond donors (Lipinski definition) is 2. The third kappa shape index (κ3) is 5.03. The summed E-state index contributed by atoms with van der Waals surface area (Å²) in [4.78, 5) is 14.9. The van der Waals surface area contributed by atoms with Gasteiger partial charge in [-0.2, -0.15) is 0 Å². The summed E-state index contributed by atoms with van der Waals surface area (Å²) in [5, 5.41) is 3.29. The van der Waals surface area contributed by atoms with Gasteiger partial charge in [0.25, 0.3) is 15.9 Å². The first-order valence-corrected chi connectivity index (χ1v) is 11.9. The van der Waals surface area contributed by atoms with Gasteiger partial charge in [0.05, 0.1) is 16.3 Å². The lowest BCUT2D eigenvalue weighted by atomic mass is 10.2. The summed E-state index contributed by atoms with van der Waals surface area (Å²) in [6.45, 7) is 1.63. The highest BCUT2D eigenvalue weighted by atomic mass is 35.5. The Hall–Kier alpha value is -3.10. The number of carbonyl (C=O) groups excluding carboxylic acids is 1. The van der Waals surface area contributed by atoms with E-state index in [4.69, 9.17) is 11.6 Å². The molecule has 2 N–H and O–H groups in total. The zero-order valence-corrected chi connectivity index (χ0v) is 18.6. The van der Waals surface area contributed by atoms with Crippen LogP contribution in [0.1, 0.15) is 23.2 Å². The molecule has 0 spiro atoms. The standard InChI is InChI=1S/C23H21ClFN3O3S/c24-17-5-9-19(10-6-17)27-32(30,31)20-11-12-22(28-13-1-2-14-28)21(15-20)26-23(29)16-3-7-18(25)8-4-16/h3-12,15,27H,1-2,13-14H2,(H,26,29). The van der Waals surface area contributed by atoms with Crippen molar-refractivity contribution < 1.29 is 17.6 Å². The molecule has 0 unspecified atom stereocenters. The van der Waals surface area contributed by atoms with Crippen molar-refractivity contribution in [3.8, 4) is 0 Å². The molecule has 0 atom stereocenters. The molecule has 166 valence electrons. The third-order valence-electron chi connectivity index (χ3n) is 5.18. The highest BCUT2D eigenvalue weighted by molar-refractivity contribution is 7.92. The van der Waals surface area contributed by atoms with E-state index in [1.165, 1.54) is 36.4 Å². The van der Waals surface area contributed by atoms with Gasteiger partial charge in [-0.3, -0.25) is 9.52 Å². The summed E-state index contributed by atoms with van der Waals surface area (Å²) in [5.74, 6) is -0.897. The molecule has 1 amide bonds. The van der Waals surface area contributed by atoms with E-state index in [-0.39, 0.29) is 10.5 Å². The van der Waals surface area contributed by atoms with Gasteiger partial charge in [0.1, 0.15) is 5.82 Å². The minimum atomic E-state index is -3.91. The van der Waals surface area contributed by atoms with E-state index in [1.807, 2.05) is 0 Å². The Morgan fingerprint density at radius 3 is 2.25 bits per heavy atom. The molecule has 4 rings (SSSR count). The molecule has 3 aromatic carbocycles. The number of amides is 1. The number of nitrogens with one attached hydrogen (secondary N) is 2. The number of rotatable bonds is 6. The Balaban J connectivity index is 1.66. The molecule has 0 aliphatic carbocycles. The van der Waals surface area contributed by atoms with Crippen molar-refractivity contribution in [1.29, 1.82) is 0 Å². The van der Waals surface area contributed by atoms with Crippen molar-refractivity contribution in [2.24, 2.45) is 0 Å². The molecular weight excluding hydrogens is 453 g/mol. The second kappa shape index (κ2) is 9.18. The Morgan fingerprint density at radius 2 is 1.59 bits per heavy atom. The fraction of sp³-hybridized carbons (Fsp3) is 0.174. The van der Waals surface area contributed by atoms with Crippen molar-refractivity contribution in [2.75, 3.05) is 28.0 Å². The first-order valence-electron chi connectivity index (χ1n) is 10.1. The zero-order valence-electron chi connectivity index (χ0n) is 17.0. The second-order valence-electron chi connectivity index (χ2n) is 7.45. The fourth-order valence-electron chi connectivity index (χ4n) is 3.54. The van der Waals surface area contributed by atoms with Crippen molar-refractivity contribution >= 4 is 44.6 Å². The van der Waals surface area contributed by atoms with E-state index < -0.39 is 21.7 Å². The molecule has 1 aliphatic heterocycles. The molecular formula is C23H21ClFN3O3S. The minimum Gasteiger partial charge on any atom is -0.370 e. The molecule has 0 radical (unpaired) electrons. The molecule has 3 aromatic rings. The Bertz CT molecular complexity index is 1230. The van der Waals surface area contributed by atoms with Crippen molar-refractivity contribution in [3.63, 3.8) is 0 Å². The number of halogens is 2. The molecule has 1 fully saturated rings. The number of hydrogen-bond acceptors (Lipinski definition) is 4. The number of nitrogens with zero attached hydrogens (tertiary/aromatic N) is 1. The van der Waals surface area contributed by atoms with Gasteiger partial charge in [0.2, 0.25) is 0 Å². The summed E-state index contributed by atoms with van der Waals surface area (Å²) >= 11 is 5.87. The van der Waals surface area contributed by atoms with Crippen molar-refractivity contribution in [2.45, 2.75) is 17.7 Å². The lowest BCUT2D eigenvalue weighted by Gasteiger charge is -2.22. The van der Waals surface area contributed by atoms with Crippen LogP contribution in [0.15, 0.2) is 71.6 Å². The van der Waals surface area contributed by atoms with E-state index in [0.717, 1.165) is 31.6 Å². The van der Waals surface area contributed by atoms with Gasteiger partial charge in [-0.25, -0.2) is 12.8 Å². The first kappa shape index (κ1) is 22.1. The van der Waals surface area contributed by atoms with Gasteiger partial charge >= 0.3 is 0 Å². The molecule has 0 aromatic heterocycles. The zero-order chi connectivity index (χ0) is 22.7. The quantitative estimate of drug-likeness (QED) is 0.520. The van der Waals surface area contributed by atoms with Crippen LogP contribution in [0.2, 0.25) is 5.02 Å². The van der Waals surface area contributed by atoms with E-state index in [2.05, 4.69) is 14.9 Å². The molecule has 6 nitrogen and oxygen atoms in total. The fourth-order valence-corrected chi connectivity index (χ4v) is 4.75. The Labute approximate surface area is 191 Å². The Morgan fingerprint density at radius 1 is 0.938 bits per heavy atom. The summed E-state index contributed by atoms with van der Waals surface area (Å²) in [7, 11) is -3.91. The molecule has 1 heterocycles. The number of anilines is 3. The maximum Gasteiger partial charge on any atom is 0.261 e. The van der Waals surface area contributed by atoms with Gasteiger partial charge in [0, 0.05) is 29.4 Å². The van der Waals surface area contributed by atoms with E-state index >= 15 is 0 Å². The number of sulfonamides is 1. The third-order valence-corrected chi connectivity index (χ3v) is 6.81. The van der Waals surface area contributed by atoms with Crippen LogP contribution in [0.5, 0.6) is 0 Å². The van der Waals surface area contributed by atoms with Gasteiger partial charge < -0.3 is 10.2 Å². The molecule has 9 heteroatoms. The molecule has 0 saturated carbocycles. The predicted molar refractivity (Wildman–Crippen MR) is 125 cm³/mol. The van der Waals surface area contributed by atoms with Gasteiger partial charge in [-0.05, 0) is 79.6 Å². The summed E-state index contributed by atoms with van der Waals surface area (Å²) in [6, 6.07) is 16.1. The molecule has 32 heavy (non-hydrogen) atoms. The van der Waals surface area contributed by atoms with Crippen LogP contribution in [-0.2, 0) is 10.0 Å². The van der Waals surface area contributed by atoms with E-state index in [0.29, 0.717) is 16.4 Å². The van der Waals surface area contributed by atoms with Crippen LogP contribution < -0.4 is 14.9 Å². The summed E-state index contributed by atoms with van der Waals surface area (Å²) < 4.78 is 41.6. The summed E-state index contributed by atoms with van der Waals surface area (Å²) in [6.07, 6.45) is 2.03. The topological polar surface area (TPSA) is 78.5 Å². The Kier molecular flexibility index (Phi) is 6.34. The van der Waals surface area contributed by atoms with Gasteiger partial charge in [-0.1, -0.05) is 11.6 Å². The monoisotopic (exact) mass is 473 g/mol. The smallest absolute Gasteiger partial charge is 0.261 e. The summed E-state index contributed by atoms with van der Waals surface area (Å²) in [5.41, 5.74) is 1.75. The number of carbonyl (C=O) groups is 1. The molecule has 1 aliphatic rings. The maximum atomic E-state index is 13.2. The van der Waals surface area contributed by atoms with Crippen molar-refractivity contribution in [3.05, 3.63) is 83.1 Å². The van der Waals surface area contributed by atoms with Gasteiger partial charge in [0.15, 0.2) is 0 Å². The predicted octanol–water partition coefficient (Wildman–Crippen LogP) is 5.13. The normalized spacial score (nSPS) is 13.8. The maximum absolute atomic E-state index is 13.2. The van der Waals surface area contributed by atoms with Crippen LogP contribution in [0.3, 0.4) is 0 Å². The lowest BCUT2D eigenvalue weighted by molar-refractivity contribution is 0.102. The van der Waals surface area contributed by atoms with Crippen LogP contribution in [0.25, 0.3) is 0 Å². The average molecular weight is 474 g/mol. The first-order chi connectivity index (χ1) is 15.3. The molecule has 0 bridgehead atoms. The highest BCUT2D eigenvalue weighted by Gasteiger charge is 2.22. The van der Waals surface area contributed by atoms with E-state index in [9.17, 15) is 17.6 Å². The van der Waals surface area contributed by atoms with E-state index in [1.54, 1.807) is 30.3 Å². The second-order valence-corrected chi connectivity index (χ2v) is 9.57. The SMILES string of the molecule is O=C(Nc1cc(S(=O)(=O)Nc2ccc(Cl)cc2)ccc1N1CCCC1)c1ccc(F)cc1. The number of benzene rings is 3. The van der Waals surface area contributed by atoms with Crippen LogP contribution in [0, 0.1) is 5.82 Å². The molecule has 1 saturated heterocycles. The minimum absolute atomic E-state index is 0.00445. The average Bonchev–Trinajstić information content (AvgIpc) is 3.30. The van der Waals surface area contributed by atoms with Crippen molar-refractivity contribution in [1.82, 2.24) is 0 Å². The van der Waals surface area contributed by atoms with Crippen LogP contribution in [-0.4, -0.2) is 27.4 Å². The van der Waals surface area contributed by atoms with Gasteiger partial charge in [-0.15, -0.1) is 0 Å². The largest absolute Gasteiger partial charge is 0.370 e. The highest BCUT2D eigenvalue weighted by Crippen LogP contribution is 2.32.